The fraction of sp³-hybridized carbons (Fsp3) is 0.889. The number of hydrogen-bond donors (Lipinski definition) is 0. The summed E-state index contributed by atoms with van der Waals surface area (Å²) in [5.74, 6) is 1.02. The van der Waals surface area contributed by atoms with Gasteiger partial charge in [0.2, 0.25) is 5.24 Å². The second kappa shape index (κ2) is 4.10. The molecule has 1 aliphatic rings. The molecule has 0 amide bonds. The van der Waals surface area contributed by atoms with E-state index >= 15 is 0 Å². The predicted octanol–water partition coefficient (Wildman–Crippen LogP) is 2.97. The van der Waals surface area contributed by atoms with Gasteiger partial charge < -0.3 is 0 Å². The molecule has 0 N–H and O–H groups in total. The van der Waals surface area contributed by atoms with E-state index in [4.69, 9.17) is 11.6 Å². The zero-order valence-corrected chi connectivity index (χ0v) is 7.73. The number of halogens is 1. The first kappa shape index (κ1) is 9.05. The minimum atomic E-state index is -0.125. The molecular formula is C9H15ClO. The number of carbonyl (C=O) groups excluding carboxylic acids is 1. The minimum absolute atomic E-state index is 0.125. The van der Waals surface area contributed by atoms with Gasteiger partial charge in [-0.3, -0.25) is 4.79 Å². The molecule has 1 nitrogen and oxygen atoms in total. The topological polar surface area (TPSA) is 17.1 Å². The van der Waals surface area contributed by atoms with E-state index in [1.165, 1.54) is 19.3 Å². The molecular weight excluding hydrogens is 160 g/mol. The van der Waals surface area contributed by atoms with E-state index in [2.05, 4.69) is 6.92 Å². The normalized spacial score (nSPS) is 31.8. The van der Waals surface area contributed by atoms with Crippen molar-refractivity contribution in [3.8, 4) is 0 Å². The third-order valence-electron chi connectivity index (χ3n) is 2.75. The van der Waals surface area contributed by atoms with E-state index in [1.54, 1.807) is 0 Å². The van der Waals surface area contributed by atoms with Crippen molar-refractivity contribution in [2.24, 2.45) is 11.8 Å². The molecule has 0 unspecified atom stereocenters. The second-order valence-electron chi connectivity index (χ2n) is 3.43. The lowest BCUT2D eigenvalue weighted by Gasteiger charge is -2.24. The van der Waals surface area contributed by atoms with Crippen LogP contribution in [0.15, 0.2) is 0 Å². The summed E-state index contributed by atoms with van der Waals surface area (Å²) >= 11 is 5.41. The highest BCUT2D eigenvalue weighted by Crippen LogP contribution is 2.31. The van der Waals surface area contributed by atoms with Crippen molar-refractivity contribution in [2.45, 2.75) is 39.0 Å². The van der Waals surface area contributed by atoms with Crippen molar-refractivity contribution in [2.75, 3.05) is 0 Å². The molecule has 0 bridgehead atoms. The van der Waals surface area contributed by atoms with Gasteiger partial charge >= 0.3 is 0 Å². The summed E-state index contributed by atoms with van der Waals surface area (Å²) in [6.07, 6.45) is 5.67. The summed E-state index contributed by atoms with van der Waals surface area (Å²) in [6, 6.07) is 0. The van der Waals surface area contributed by atoms with Crippen molar-refractivity contribution in [3.63, 3.8) is 0 Å². The van der Waals surface area contributed by atoms with Crippen LogP contribution in [0.2, 0.25) is 0 Å². The molecule has 0 aromatic heterocycles. The van der Waals surface area contributed by atoms with Crippen molar-refractivity contribution < 1.29 is 4.79 Å². The molecule has 1 saturated carbocycles. The van der Waals surface area contributed by atoms with Crippen LogP contribution < -0.4 is 0 Å². The molecule has 0 aromatic carbocycles. The summed E-state index contributed by atoms with van der Waals surface area (Å²) in [5.41, 5.74) is 0. The van der Waals surface area contributed by atoms with E-state index in [0.717, 1.165) is 18.8 Å². The highest BCUT2D eigenvalue weighted by atomic mass is 35.5. The maximum Gasteiger partial charge on any atom is 0.224 e. The molecule has 0 heterocycles. The molecule has 2 heteroatoms. The lowest BCUT2D eigenvalue weighted by molar-refractivity contribution is -0.116. The number of carbonyl (C=O) groups is 1. The number of hydrogen-bond acceptors (Lipinski definition) is 1. The second-order valence-corrected chi connectivity index (χ2v) is 3.80. The molecule has 0 radical (unpaired) electrons. The average molecular weight is 175 g/mol. The average Bonchev–Trinajstić information content (AvgIpc) is 2.05. The number of rotatable bonds is 2. The smallest absolute Gasteiger partial charge is 0.224 e. The van der Waals surface area contributed by atoms with Crippen LogP contribution in [-0.4, -0.2) is 5.24 Å². The van der Waals surface area contributed by atoms with Crippen LogP contribution in [0.4, 0.5) is 0 Å². The van der Waals surface area contributed by atoms with Crippen molar-refractivity contribution in [1.29, 1.82) is 0 Å². The largest absolute Gasteiger partial charge is 0.281 e. The van der Waals surface area contributed by atoms with Crippen LogP contribution in [0.25, 0.3) is 0 Å². The Bertz CT molecular complexity index is 136. The Kier molecular flexibility index (Phi) is 3.38. The highest BCUT2D eigenvalue weighted by molar-refractivity contribution is 6.63. The van der Waals surface area contributed by atoms with Gasteiger partial charge in [-0.15, -0.1) is 0 Å². The van der Waals surface area contributed by atoms with Gasteiger partial charge in [-0.25, -0.2) is 0 Å². The Hall–Kier alpha value is -0.0400. The summed E-state index contributed by atoms with van der Waals surface area (Å²) in [6.45, 7) is 2.22. The lowest BCUT2D eigenvalue weighted by Crippen LogP contribution is -2.18. The van der Waals surface area contributed by atoms with Crippen LogP contribution in [0.1, 0.15) is 39.0 Å². The van der Waals surface area contributed by atoms with Crippen molar-refractivity contribution >= 4 is 16.8 Å². The Morgan fingerprint density at radius 1 is 1.36 bits per heavy atom. The Labute approximate surface area is 73.1 Å². The molecule has 0 aliphatic heterocycles. The van der Waals surface area contributed by atoms with Gasteiger partial charge in [-0.05, 0) is 43.2 Å². The molecule has 0 atom stereocenters. The first-order chi connectivity index (χ1) is 5.24. The standard InChI is InChI=1S/C9H15ClO/c1-2-7-3-5-8(6-4-7)9(10)11/h7-8H,2-6H2,1H3/t7-,8-. The zero-order chi connectivity index (χ0) is 8.27. The van der Waals surface area contributed by atoms with Gasteiger partial charge in [0.25, 0.3) is 0 Å². The monoisotopic (exact) mass is 174 g/mol. The third kappa shape index (κ3) is 2.48. The van der Waals surface area contributed by atoms with Gasteiger partial charge in [-0.1, -0.05) is 13.3 Å². The van der Waals surface area contributed by atoms with Gasteiger partial charge in [-0.2, -0.15) is 0 Å². The van der Waals surface area contributed by atoms with Crippen LogP contribution >= 0.6 is 11.6 Å². The molecule has 1 rings (SSSR count). The lowest BCUT2D eigenvalue weighted by atomic mass is 9.81. The molecule has 64 valence electrons. The van der Waals surface area contributed by atoms with E-state index in [9.17, 15) is 4.79 Å². The maximum atomic E-state index is 10.8. The molecule has 1 fully saturated rings. The van der Waals surface area contributed by atoms with E-state index in [1.807, 2.05) is 0 Å². The van der Waals surface area contributed by atoms with Crippen LogP contribution in [-0.2, 0) is 4.79 Å². The van der Waals surface area contributed by atoms with E-state index < -0.39 is 0 Å². The summed E-state index contributed by atoms with van der Waals surface area (Å²) < 4.78 is 0. The maximum absolute atomic E-state index is 10.8. The quantitative estimate of drug-likeness (QED) is 0.589. The Morgan fingerprint density at radius 2 is 1.91 bits per heavy atom. The van der Waals surface area contributed by atoms with Gasteiger partial charge in [0.15, 0.2) is 0 Å². The molecule has 11 heavy (non-hydrogen) atoms. The summed E-state index contributed by atoms with van der Waals surface area (Å²) in [5, 5.41) is -0.125. The molecule has 1 aliphatic carbocycles. The van der Waals surface area contributed by atoms with Crippen molar-refractivity contribution in [1.82, 2.24) is 0 Å². The van der Waals surface area contributed by atoms with E-state index in [-0.39, 0.29) is 11.2 Å². The Morgan fingerprint density at radius 3 is 2.27 bits per heavy atom. The predicted molar refractivity (Wildman–Crippen MR) is 46.6 cm³/mol. The van der Waals surface area contributed by atoms with Crippen LogP contribution in [0.5, 0.6) is 0 Å². The molecule has 0 spiro atoms. The molecule has 0 saturated heterocycles. The SMILES string of the molecule is CC[C@H]1CC[C@H](C(=O)Cl)CC1. The molecule has 0 aromatic rings. The zero-order valence-electron chi connectivity index (χ0n) is 6.98. The van der Waals surface area contributed by atoms with Crippen LogP contribution in [0, 0.1) is 11.8 Å². The Balaban J connectivity index is 2.30. The first-order valence-electron chi connectivity index (χ1n) is 4.43. The van der Waals surface area contributed by atoms with Crippen molar-refractivity contribution in [3.05, 3.63) is 0 Å². The fourth-order valence-electron chi connectivity index (χ4n) is 1.80. The minimum Gasteiger partial charge on any atom is -0.281 e. The van der Waals surface area contributed by atoms with Gasteiger partial charge in [0.05, 0.1) is 0 Å². The van der Waals surface area contributed by atoms with Gasteiger partial charge in [0, 0.05) is 5.92 Å². The summed E-state index contributed by atoms with van der Waals surface area (Å²) in [7, 11) is 0. The fourth-order valence-corrected chi connectivity index (χ4v) is 2.02. The van der Waals surface area contributed by atoms with Crippen LogP contribution in [0.3, 0.4) is 0 Å². The highest BCUT2D eigenvalue weighted by Gasteiger charge is 2.23. The first-order valence-corrected chi connectivity index (χ1v) is 4.81. The summed E-state index contributed by atoms with van der Waals surface area (Å²) in [4.78, 5) is 10.8. The third-order valence-corrected chi connectivity index (χ3v) is 3.05. The van der Waals surface area contributed by atoms with Gasteiger partial charge in [0.1, 0.15) is 0 Å². The van der Waals surface area contributed by atoms with E-state index in [0.29, 0.717) is 0 Å².